The van der Waals surface area contributed by atoms with Crippen LogP contribution in [0.15, 0.2) is 77.7 Å². The number of benzene rings is 3. The van der Waals surface area contributed by atoms with Crippen LogP contribution in [0.2, 0.25) is 0 Å². The number of hydrogen-bond donors (Lipinski definition) is 0. The highest BCUT2D eigenvalue weighted by Gasteiger charge is 2.42. The molecule has 0 unspecified atom stereocenters. The normalized spacial score (nSPS) is 19.1. The summed E-state index contributed by atoms with van der Waals surface area (Å²) in [4.78, 5) is 15.8. The van der Waals surface area contributed by atoms with E-state index in [0.29, 0.717) is 9.23 Å². The number of amides is 1. The van der Waals surface area contributed by atoms with Crippen molar-refractivity contribution >= 4 is 40.3 Å². The van der Waals surface area contributed by atoms with Crippen LogP contribution < -0.4 is 4.74 Å². The van der Waals surface area contributed by atoms with E-state index < -0.39 is 0 Å². The number of fused-ring (bicyclic) bond motifs is 2. The minimum absolute atomic E-state index is 0.0713. The monoisotopic (exact) mass is 415 g/mol. The van der Waals surface area contributed by atoms with E-state index in [1.165, 1.54) is 11.8 Å². The molecular formula is C24H17NO2S2. The smallest absolute Gasteiger partial charge is 0.267 e. The summed E-state index contributed by atoms with van der Waals surface area (Å²) in [6.45, 7) is 2.02. The van der Waals surface area contributed by atoms with Gasteiger partial charge in [-0.1, -0.05) is 90.7 Å². The number of hydrogen-bond acceptors (Lipinski definition) is 4. The third-order valence-electron chi connectivity index (χ3n) is 5.14. The van der Waals surface area contributed by atoms with Crippen LogP contribution in [0.5, 0.6) is 11.5 Å². The molecular weight excluding hydrogens is 398 g/mol. The van der Waals surface area contributed by atoms with E-state index in [0.717, 1.165) is 33.8 Å². The molecule has 0 bridgehead atoms. The molecule has 0 radical (unpaired) electrons. The molecule has 1 amide bonds. The zero-order valence-corrected chi connectivity index (χ0v) is 17.3. The first-order valence-electron chi connectivity index (χ1n) is 9.32. The van der Waals surface area contributed by atoms with Gasteiger partial charge in [-0.05, 0) is 30.2 Å². The van der Waals surface area contributed by atoms with E-state index in [1.54, 1.807) is 4.90 Å². The second-order valence-corrected chi connectivity index (χ2v) is 8.67. The van der Waals surface area contributed by atoms with E-state index in [4.69, 9.17) is 17.0 Å². The van der Waals surface area contributed by atoms with Gasteiger partial charge in [0.15, 0.2) is 0 Å². The lowest BCUT2D eigenvalue weighted by molar-refractivity contribution is -0.123. The van der Waals surface area contributed by atoms with Crippen LogP contribution in [0.25, 0.3) is 6.08 Å². The summed E-state index contributed by atoms with van der Waals surface area (Å²) in [6, 6.07) is 23.4. The fourth-order valence-corrected chi connectivity index (χ4v) is 5.10. The maximum Gasteiger partial charge on any atom is 0.267 e. The molecule has 3 aromatic carbocycles. The summed E-state index contributed by atoms with van der Waals surface area (Å²) in [5, 5.41) is 0. The molecule has 3 aromatic rings. The maximum atomic E-state index is 13.4. The van der Waals surface area contributed by atoms with Crippen LogP contribution in [0.4, 0.5) is 0 Å². The summed E-state index contributed by atoms with van der Waals surface area (Å²) < 4.78 is 6.75. The Morgan fingerprint density at radius 2 is 1.69 bits per heavy atom. The van der Waals surface area contributed by atoms with E-state index >= 15 is 0 Å². The lowest BCUT2D eigenvalue weighted by Crippen LogP contribution is -2.35. The Balaban J connectivity index is 1.63. The van der Waals surface area contributed by atoms with Crippen LogP contribution in [0.3, 0.4) is 0 Å². The van der Waals surface area contributed by atoms with Gasteiger partial charge < -0.3 is 4.74 Å². The van der Waals surface area contributed by atoms with Crippen molar-refractivity contribution in [2.75, 3.05) is 0 Å². The number of rotatable bonds is 2. The molecule has 29 heavy (non-hydrogen) atoms. The van der Waals surface area contributed by atoms with Crippen molar-refractivity contribution in [3.8, 4) is 11.5 Å². The lowest BCUT2D eigenvalue weighted by Gasteiger charge is -2.34. The average molecular weight is 416 g/mol. The average Bonchev–Trinajstić information content (AvgIpc) is 3.01. The number of aryl methyl sites for hydroxylation is 1. The number of nitrogens with zero attached hydrogens (tertiary/aromatic N) is 1. The summed E-state index contributed by atoms with van der Waals surface area (Å²) in [5.41, 5.74) is 3.92. The largest absolute Gasteiger partial charge is 0.456 e. The molecule has 5 rings (SSSR count). The highest BCUT2D eigenvalue weighted by molar-refractivity contribution is 8.26. The number of para-hydroxylation sites is 2. The molecule has 142 valence electrons. The number of thioether (sulfide) groups is 1. The van der Waals surface area contributed by atoms with Crippen molar-refractivity contribution in [2.24, 2.45) is 0 Å². The maximum absolute atomic E-state index is 13.4. The standard InChI is InChI=1S/C24H17NO2S2/c1-15-8-7-12-18-21(17-11-5-6-13-19(17)27-22(15)18)25-23(26)20(29-24(25)28)14-16-9-3-2-4-10-16/h2-14,21H,1H3/b20-14-/t21-/m1/s1. The summed E-state index contributed by atoms with van der Waals surface area (Å²) in [7, 11) is 0. The van der Waals surface area contributed by atoms with E-state index in [2.05, 4.69) is 0 Å². The Kier molecular flexibility index (Phi) is 4.49. The van der Waals surface area contributed by atoms with Gasteiger partial charge in [-0.15, -0.1) is 0 Å². The fourth-order valence-electron chi connectivity index (χ4n) is 3.79. The van der Waals surface area contributed by atoms with Crippen LogP contribution in [-0.2, 0) is 4.79 Å². The second kappa shape index (κ2) is 7.17. The van der Waals surface area contributed by atoms with Crippen molar-refractivity contribution in [2.45, 2.75) is 13.0 Å². The molecule has 1 saturated heterocycles. The molecule has 5 heteroatoms. The topological polar surface area (TPSA) is 29.5 Å². The van der Waals surface area contributed by atoms with Gasteiger partial charge in [0.25, 0.3) is 5.91 Å². The number of thiocarbonyl (C=S) groups is 1. The highest BCUT2D eigenvalue weighted by atomic mass is 32.2. The first kappa shape index (κ1) is 18.2. The van der Waals surface area contributed by atoms with Crippen LogP contribution in [-0.4, -0.2) is 15.1 Å². The van der Waals surface area contributed by atoms with Gasteiger partial charge in [-0.25, -0.2) is 0 Å². The van der Waals surface area contributed by atoms with Gasteiger partial charge in [-0.2, -0.15) is 0 Å². The van der Waals surface area contributed by atoms with Crippen LogP contribution in [0, 0.1) is 6.92 Å². The van der Waals surface area contributed by atoms with Gasteiger partial charge in [0, 0.05) is 11.1 Å². The van der Waals surface area contributed by atoms with Gasteiger partial charge >= 0.3 is 0 Å². The Bertz CT molecular complexity index is 1170. The third-order valence-corrected chi connectivity index (χ3v) is 6.47. The highest BCUT2D eigenvalue weighted by Crippen LogP contribution is 2.50. The van der Waals surface area contributed by atoms with Gasteiger partial charge in [-0.3, -0.25) is 9.69 Å². The molecule has 0 saturated carbocycles. The number of ether oxygens (including phenoxy) is 1. The Morgan fingerprint density at radius 3 is 2.52 bits per heavy atom. The first-order valence-corrected chi connectivity index (χ1v) is 10.5. The molecule has 0 aromatic heterocycles. The molecule has 2 aliphatic heterocycles. The Morgan fingerprint density at radius 1 is 0.966 bits per heavy atom. The van der Waals surface area contributed by atoms with E-state index in [1.807, 2.05) is 85.8 Å². The molecule has 3 nitrogen and oxygen atoms in total. The van der Waals surface area contributed by atoms with Crippen LogP contribution in [0.1, 0.15) is 28.3 Å². The van der Waals surface area contributed by atoms with E-state index in [-0.39, 0.29) is 11.9 Å². The summed E-state index contributed by atoms with van der Waals surface area (Å²) in [5.74, 6) is 1.50. The molecule has 0 spiro atoms. The van der Waals surface area contributed by atoms with Gasteiger partial charge in [0.1, 0.15) is 15.8 Å². The number of carbonyl (C=O) groups is 1. The van der Waals surface area contributed by atoms with Crippen molar-refractivity contribution in [1.29, 1.82) is 0 Å². The molecule has 1 fully saturated rings. The zero-order valence-electron chi connectivity index (χ0n) is 15.7. The molecule has 2 aliphatic rings. The Labute approximate surface area is 179 Å². The zero-order chi connectivity index (χ0) is 20.0. The number of carbonyl (C=O) groups excluding carboxylic acids is 1. The first-order chi connectivity index (χ1) is 14.1. The summed E-state index contributed by atoms with van der Waals surface area (Å²) >= 11 is 7.02. The quantitative estimate of drug-likeness (QED) is 0.374. The fraction of sp³-hybridized carbons (Fsp3) is 0.0833. The summed E-state index contributed by atoms with van der Waals surface area (Å²) in [6.07, 6.45) is 1.90. The minimum Gasteiger partial charge on any atom is -0.456 e. The second-order valence-electron chi connectivity index (χ2n) is 7.00. The van der Waals surface area contributed by atoms with Crippen molar-refractivity contribution < 1.29 is 9.53 Å². The predicted molar refractivity (Wildman–Crippen MR) is 121 cm³/mol. The molecule has 1 atom stereocenters. The minimum atomic E-state index is -0.302. The van der Waals surface area contributed by atoms with Crippen LogP contribution >= 0.6 is 24.0 Å². The van der Waals surface area contributed by atoms with Crippen molar-refractivity contribution in [3.63, 3.8) is 0 Å². The lowest BCUT2D eigenvalue weighted by atomic mass is 9.92. The molecule has 2 heterocycles. The van der Waals surface area contributed by atoms with Gasteiger partial charge in [0.05, 0.1) is 10.9 Å². The van der Waals surface area contributed by atoms with Gasteiger partial charge in [0.2, 0.25) is 0 Å². The predicted octanol–water partition coefficient (Wildman–Crippen LogP) is 6.09. The van der Waals surface area contributed by atoms with Crippen molar-refractivity contribution in [3.05, 3.63) is 100.0 Å². The third kappa shape index (κ3) is 3.07. The van der Waals surface area contributed by atoms with Crippen molar-refractivity contribution in [1.82, 2.24) is 4.90 Å². The molecule has 0 aliphatic carbocycles. The van der Waals surface area contributed by atoms with E-state index in [9.17, 15) is 4.79 Å². The molecule has 0 N–H and O–H groups in total. The SMILES string of the molecule is Cc1cccc2c1Oc1ccccc1[C@H]2N1C(=O)/C(=C/c2ccccc2)SC1=S. The Hall–Kier alpha value is -2.89.